The molecule has 0 radical (unpaired) electrons. The normalized spacial score (nSPS) is 13.3. The average molecular weight is 442 g/mol. The Labute approximate surface area is 183 Å². The molecule has 0 spiro atoms. The first-order chi connectivity index (χ1) is 14.5. The number of nitrogens with zero attached hydrogens (tertiary/aromatic N) is 2. The number of ether oxygens (including phenoxy) is 1. The van der Waals surface area contributed by atoms with Crippen LogP contribution in [-0.2, 0) is 0 Å². The van der Waals surface area contributed by atoms with Gasteiger partial charge in [0.25, 0.3) is 11.8 Å². The molecule has 2 aromatic carbocycles. The van der Waals surface area contributed by atoms with E-state index in [9.17, 15) is 9.59 Å². The predicted molar refractivity (Wildman–Crippen MR) is 119 cm³/mol. The van der Waals surface area contributed by atoms with E-state index in [1.54, 1.807) is 35.6 Å². The van der Waals surface area contributed by atoms with Crippen LogP contribution in [0.3, 0.4) is 0 Å². The zero-order valence-corrected chi connectivity index (χ0v) is 17.9. The number of halogens is 1. The molecule has 1 N–H and O–H groups in total. The quantitative estimate of drug-likeness (QED) is 0.607. The van der Waals surface area contributed by atoms with Crippen molar-refractivity contribution < 1.29 is 14.3 Å². The number of carbonyl (C=O) groups is 2. The molecule has 30 heavy (non-hydrogen) atoms. The molecule has 1 saturated heterocycles. The minimum atomic E-state index is -0.371. The molecule has 0 aliphatic carbocycles. The van der Waals surface area contributed by atoms with Gasteiger partial charge in [-0.3, -0.25) is 9.59 Å². The standard InChI is InChI=1S/C22H20ClN3O3S/c1-29-16-7-4-14(5-8-16)21-25-19(13-30-21)20(27)24-18-9-6-15(23)12-17(18)22(28)26-10-2-3-11-26/h4-9,12-13H,2-3,10-11H2,1H3,(H,24,27). The third kappa shape index (κ3) is 4.32. The summed E-state index contributed by atoms with van der Waals surface area (Å²) in [6.07, 6.45) is 1.97. The lowest BCUT2D eigenvalue weighted by atomic mass is 10.1. The molecule has 1 fully saturated rings. The molecule has 8 heteroatoms. The maximum absolute atomic E-state index is 12.9. The Bertz CT molecular complexity index is 1080. The summed E-state index contributed by atoms with van der Waals surface area (Å²) < 4.78 is 5.17. The fourth-order valence-electron chi connectivity index (χ4n) is 3.32. The van der Waals surface area contributed by atoms with Gasteiger partial charge in [-0.1, -0.05) is 11.6 Å². The van der Waals surface area contributed by atoms with Gasteiger partial charge >= 0.3 is 0 Å². The van der Waals surface area contributed by atoms with Crippen molar-refractivity contribution in [3.8, 4) is 16.3 Å². The van der Waals surface area contributed by atoms with Gasteiger partial charge in [-0.25, -0.2) is 4.98 Å². The molecular formula is C22H20ClN3O3S. The summed E-state index contributed by atoms with van der Waals surface area (Å²) in [5.74, 6) is 0.262. The Morgan fingerprint density at radius 1 is 1.13 bits per heavy atom. The van der Waals surface area contributed by atoms with Crippen molar-refractivity contribution in [1.82, 2.24) is 9.88 Å². The van der Waals surface area contributed by atoms with Gasteiger partial charge in [-0.05, 0) is 55.3 Å². The number of rotatable bonds is 5. The summed E-state index contributed by atoms with van der Waals surface area (Å²) in [6.45, 7) is 1.44. The number of nitrogens with one attached hydrogen (secondary N) is 1. The summed E-state index contributed by atoms with van der Waals surface area (Å²) >= 11 is 7.49. The molecule has 1 aliphatic heterocycles. The SMILES string of the molecule is COc1ccc(-c2nc(C(=O)Nc3ccc(Cl)cc3C(=O)N3CCCC3)cs2)cc1. The van der Waals surface area contributed by atoms with E-state index in [4.69, 9.17) is 16.3 Å². The second kappa shape index (κ2) is 8.85. The van der Waals surface area contributed by atoms with Crippen LogP contribution in [0.25, 0.3) is 10.6 Å². The van der Waals surface area contributed by atoms with Gasteiger partial charge in [0.2, 0.25) is 0 Å². The summed E-state index contributed by atoms with van der Waals surface area (Å²) in [5, 5.41) is 5.70. The number of likely N-dealkylation sites (tertiary alicyclic amines) is 1. The molecule has 154 valence electrons. The zero-order valence-electron chi connectivity index (χ0n) is 16.4. The third-order valence-corrected chi connectivity index (χ3v) is 6.05. The van der Waals surface area contributed by atoms with E-state index in [1.807, 2.05) is 24.3 Å². The minimum absolute atomic E-state index is 0.123. The third-order valence-electron chi connectivity index (χ3n) is 4.93. The van der Waals surface area contributed by atoms with Crippen molar-refractivity contribution in [3.05, 3.63) is 64.1 Å². The van der Waals surface area contributed by atoms with Crippen LogP contribution in [0, 0.1) is 0 Å². The van der Waals surface area contributed by atoms with Gasteiger partial charge in [-0.15, -0.1) is 11.3 Å². The maximum Gasteiger partial charge on any atom is 0.275 e. The molecule has 1 aliphatic rings. The number of benzene rings is 2. The second-order valence-electron chi connectivity index (χ2n) is 6.91. The summed E-state index contributed by atoms with van der Waals surface area (Å²) in [6, 6.07) is 12.4. The first kappa shape index (κ1) is 20.4. The average Bonchev–Trinajstić information content (AvgIpc) is 3.47. The monoisotopic (exact) mass is 441 g/mol. The van der Waals surface area contributed by atoms with E-state index >= 15 is 0 Å². The van der Waals surface area contributed by atoms with Crippen molar-refractivity contribution in [3.63, 3.8) is 0 Å². The van der Waals surface area contributed by atoms with Crippen molar-refractivity contribution >= 4 is 40.4 Å². The molecule has 6 nitrogen and oxygen atoms in total. The van der Waals surface area contributed by atoms with Crippen molar-refractivity contribution in [2.75, 3.05) is 25.5 Å². The maximum atomic E-state index is 12.9. The molecule has 2 amide bonds. The van der Waals surface area contributed by atoms with Crippen LogP contribution in [0.1, 0.15) is 33.7 Å². The Balaban J connectivity index is 1.54. The Kier molecular flexibility index (Phi) is 6.01. The zero-order chi connectivity index (χ0) is 21.1. The largest absolute Gasteiger partial charge is 0.497 e. The van der Waals surface area contributed by atoms with E-state index in [0.717, 1.165) is 42.3 Å². The number of aromatic nitrogens is 1. The van der Waals surface area contributed by atoms with Crippen LogP contribution in [0.5, 0.6) is 5.75 Å². The number of hydrogen-bond donors (Lipinski definition) is 1. The highest BCUT2D eigenvalue weighted by Gasteiger charge is 2.23. The molecular weight excluding hydrogens is 422 g/mol. The van der Waals surface area contributed by atoms with Crippen LogP contribution in [0.15, 0.2) is 47.8 Å². The van der Waals surface area contributed by atoms with Crippen molar-refractivity contribution in [1.29, 1.82) is 0 Å². The number of methoxy groups -OCH3 is 1. The molecule has 1 aromatic heterocycles. The van der Waals surface area contributed by atoms with Gasteiger partial charge in [0.1, 0.15) is 16.5 Å². The lowest BCUT2D eigenvalue weighted by Crippen LogP contribution is -2.29. The Morgan fingerprint density at radius 3 is 2.57 bits per heavy atom. The summed E-state index contributed by atoms with van der Waals surface area (Å²) in [4.78, 5) is 31.9. The summed E-state index contributed by atoms with van der Waals surface area (Å²) in [7, 11) is 1.61. The molecule has 3 aromatic rings. The lowest BCUT2D eigenvalue weighted by molar-refractivity contribution is 0.0794. The second-order valence-corrected chi connectivity index (χ2v) is 8.20. The van der Waals surface area contributed by atoms with Crippen LogP contribution in [0.2, 0.25) is 5.02 Å². The molecule has 2 heterocycles. The van der Waals surface area contributed by atoms with E-state index in [1.165, 1.54) is 11.3 Å². The fourth-order valence-corrected chi connectivity index (χ4v) is 4.30. The minimum Gasteiger partial charge on any atom is -0.497 e. The van der Waals surface area contributed by atoms with Gasteiger partial charge in [-0.2, -0.15) is 0 Å². The first-order valence-corrected chi connectivity index (χ1v) is 10.8. The smallest absolute Gasteiger partial charge is 0.275 e. The number of thiazole rings is 1. The van der Waals surface area contributed by atoms with E-state index in [-0.39, 0.29) is 11.8 Å². The van der Waals surface area contributed by atoms with Crippen LogP contribution in [0.4, 0.5) is 5.69 Å². The lowest BCUT2D eigenvalue weighted by Gasteiger charge is -2.18. The first-order valence-electron chi connectivity index (χ1n) is 9.55. The number of hydrogen-bond acceptors (Lipinski definition) is 5. The number of amides is 2. The predicted octanol–water partition coefficient (Wildman–Crippen LogP) is 4.96. The molecule has 4 rings (SSSR count). The van der Waals surface area contributed by atoms with Gasteiger partial charge < -0.3 is 15.0 Å². The highest BCUT2D eigenvalue weighted by atomic mass is 35.5. The Morgan fingerprint density at radius 2 is 1.87 bits per heavy atom. The van der Waals surface area contributed by atoms with Gasteiger partial charge in [0.15, 0.2) is 0 Å². The van der Waals surface area contributed by atoms with E-state index in [2.05, 4.69) is 10.3 Å². The molecule has 0 bridgehead atoms. The summed E-state index contributed by atoms with van der Waals surface area (Å²) in [5.41, 5.74) is 2.01. The van der Waals surface area contributed by atoms with Crippen molar-refractivity contribution in [2.45, 2.75) is 12.8 Å². The highest BCUT2D eigenvalue weighted by molar-refractivity contribution is 7.13. The van der Waals surface area contributed by atoms with Crippen molar-refractivity contribution in [2.24, 2.45) is 0 Å². The molecule has 0 atom stereocenters. The molecule has 0 saturated carbocycles. The van der Waals surface area contributed by atoms with Crippen LogP contribution < -0.4 is 10.1 Å². The highest BCUT2D eigenvalue weighted by Crippen LogP contribution is 2.27. The fraction of sp³-hybridized carbons (Fsp3) is 0.227. The number of anilines is 1. The van der Waals surface area contributed by atoms with Crippen LogP contribution >= 0.6 is 22.9 Å². The topological polar surface area (TPSA) is 71.5 Å². The van der Waals surface area contributed by atoms with Gasteiger partial charge in [0, 0.05) is 29.1 Å². The van der Waals surface area contributed by atoms with E-state index < -0.39 is 0 Å². The Hall–Kier alpha value is -2.90. The van der Waals surface area contributed by atoms with Crippen LogP contribution in [-0.4, -0.2) is 41.9 Å². The van der Waals surface area contributed by atoms with E-state index in [0.29, 0.717) is 22.0 Å². The van der Waals surface area contributed by atoms with Gasteiger partial charge in [0.05, 0.1) is 18.4 Å². The molecule has 0 unspecified atom stereocenters. The number of carbonyl (C=O) groups excluding carboxylic acids is 2.